The zero-order chi connectivity index (χ0) is 9.14. The maximum absolute atomic E-state index is 10.8. The van der Waals surface area contributed by atoms with Gasteiger partial charge in [0.1, 0.15) is 5.82 Å². The third-order valence-corrected chi connectivity index (χ3v) is 1.28. The average molecular weight is 191 g/mol. The van der Waals surface area contributed by atoms with E-state index >= 15 is 0 Å². The molecule has 7 nitrogen and oxygen atoms in total. The smallest absolute Gasteiger partial charge is 0.383 e. The number of aromatic nitrogens is 2. The second-order valence-electron chi connectivity index (χ2n) is 1.80. The molecule has 0 aromatic carbocycles. The predicted octanol–water partition coefficient (Wildman–Crippen LogP) is -1.53. The second-order valence-corrected chi connectivity index (χ2v) is 2.46. The topological polar surface area (TPSA) is 111 Å². The Morgan fingerprint density at radius 1 is 1.67 bits per heavy atom. The monoisotopic (exact) mass is 191 g/mol. The van der Waals surface area contributed by atoms with Crippen molar-refractivity contribution >= 4 is 14.4 Å². The Morgan fingerprint density at radius 3 is 2.83 bits per heavy atom. The van der Waals surface area contributed by atoms with Crippen LogP contribution in [-0.4, -0.2) is 19.5 Å². The molecular weight excluding hydrogens is 185 g/mol. The minimum absolute atomic E-state index is 0.0417. The van der Waals surface area contributed by atoms with Crippen molar-refractivity contribution in [2.75, 3.05) is 5.73 Å². The molecule has 12 heavy (non-hydrogen) atoms. The zero-order valence-electron chi connectivity index (χ0n) is 5.78. The first kappa shape index (κ1) is 8.92. The van der Waals surface area contributed by atoms with Crippen LogP contribution in [0.1, 0.15) is 0 Å². The van der Waals surface area contributed by atoms with Crippen LogP contribution < -0.4 is 16.0 Å². The van der Waals surface area contributed by atoms with Gasteiger partial charge in [0.15, 0.2) is 0 Å². The van der Waals surface area contributed by atoms with E-state index in [4.69, 9.17) is 15.5 Å². The van der Waals surface area contributed by atoms with Crippen LogP contribution in [0.15, 0.2) is 17.1 Å². The quantitative estimate of drug-likeness (QED) is 0.489. The Labute approximate surface area is 68.0 Å². The van der Waals surface area contributed by atoms with Crippen molar-refractivity contribution in [3.05, 3.63) is 22.7 Å². The van der Waals surface area contributed by atoms with E-state index in [9.17, 15) is 4.79 Å². The molecule has 1 aromatic heterocycles. The van der Waals surface area contributed by atoms with Crippen molar-refractivity contribution < 1.29 is 14.4 Å². The van der Waals surface area contributed by atoms with Gasteiger partial charge in [0.2, 0.25) is 0 Å². The van der Waals surface area contributed by atoms with E-state index in [1.54, 1.807) is 0 Å². The third-order valence-electron chi connectivity index (χ3n) is 0.955. The lowest BCUT2D eigenvalue weighted by atomic mass is 10.6. The molecule has 66 valence electrons. The van der Waals surface area contributed by atoms with E-state index in [2.05, 4.69) is 9.61 Å². The number of rotatable bonds is 2. The van der Waals surface area contributed by atoms with Crippen LogP contribution in [0, 0.1) is 0 Å². The lowest BCUT2D eigenvalue weighted by Gasteiger charge is -2.05. The highest BCUT2D eigenvalue weighted by Crippen LogP contribution is 2.17. The number of hydrogen-bond donors (Lipinski definition) is 3. The van der Waals surface area contributed by atoms with Gasteiger partial charge in [0.05, 0.1) is 6.20 Å². The molecule has 0 saturated carbocycles. The molecule has 0 aliphatic carbocycles. The molecule has 8 heteroatoms. The fourth-order valence-corrected chi connectivity index (χ4v) is 0.827. The van der Waals surface area contributed by atoms with Crippen molar-refractivity contribution in [3.8, 4) is 0 Å². The molecule has 1 heterocycles. The summed E-state index contributed by atoms with van der Waals surface area (Å²) in [4.78, 5) is 30.8. The maximum atomic E-state index is 10.8. The lowest BCUT2D eigenvalue weighted by Crippen LogP contribution is -2.26. The van der Waals surface area contributed by atoms with Gasteiger partial charge in [0.25, 0.3) is 0 Å². The van der Waals surface area contributed by atoms with Crippen molar-refractivity contribution in [1.82, 2.24) is 9.71 Å². The highest BCUT2D eigenvalue weighted by atomic mass is 31.2. The van der Waals surface area contributed by atoms with Crippen LogP contribution in [0.5, 0.6) is 0 Å². The van der Waals surface area contributed by atoms with Gasteiger partial charge in [-0.25, -0.2) is 4.79 Å². The van der Waals surface area contributed by atoms with Gasteiger partial charge in [-0.3, -0.25) is 0 Å². The van der Waals surface area contributed by atoms with Crippen LogP contribution in [0.2, 0.25) is 0 Å². The molecule has 0 unspecified atom stereocenters. The van der Waals surface area contributed by atoms with E-state index in [1.807, 2.05) is 0 Å². The first-order valence-electron chi connectivity index (χ1n) is 2.81. The van der Waals surface area contributed by atoms with Crippen LogP contribution >= 0.6 is 8.60 Å². The molecular formula is C4H6N3O4P. The Balaban J connectivity index is 2.94. The van der Waals surface area contributed by atoms with Gasteiger partial charge in [-0.1, -0.05) is 0 Å². The summed E-state index contributed by atoms with van der Waals surface area (Å²) >= 11 is 0. The van der Waals surface area contributed by atoms with Crippen LogP contribution in [0.3, 0.4) is 0 Å². The summed E-state index contributed by atoms with van der Waals surface area (Å²) in [5.74, 6) is 0.0417. The molecule has 0 amide bonds. The number of nitrogens with zero attached hydrogens (tertiary/aromatic N) is 2. The van der Waals surface area contributed by atoms with Crippen LogP contribution in [0.4, 0.5) is 5.82 Å². The fraction of sp³-hybridized carbons (Fsp3) is 0. The summed E-state index contributed by atoms with van der Waals surface area (Å²) in [6.07, 6.45) is 1.15. The summed E-state index contributed by atoms with van der Waals surface area (Å²) in [5.41, 5.74) is 4.36. The number of nitrogens with two attached hydrogens (primary N) is 1. The van der Waals surface area contributed by atoms with Crippen LogP contribution in [0.25, 0.3) is 0 Å². The molecule has 0 fully saturated rings. The fourth-order valence-electron chi connectivity index (χ4n) is 0.546. The summed E-state index contributed by atoms with van der Waals surface area (Å²) in [5, 5.41) is 0. The molecule has 1 aromatic rings. The zero-order valence-corrected chi connectivity index (χ0v) is 6.68. The number of nitrogen functional groups attached to an aromatic ring is 1. The normalized spacial score (nSPS) is 10.2. The van der Waals surface area contributed by atoms with Gasteiger partial charge < -0.3 is 20.1 Å². The Bertz CT molecular complexity index is 324. The molecule has 0 atom stereocenters. The Kier molecular flexibility index (Phi) is 2.59. The minimum atomic E-state index is -2.62. The highest BCUT2D eigenvalue weighted by molar-refractivity contribution is 7.39. The summed E-state index contributed by atoms with van der Waals surface area (Å²) < 4.78 is 4.85. The van der Waals surface area contributed by atoms with E-state index in [0.29, 0.717) is 4.73 Å². The van der Waals surface area contributed by atoms with Crippen molar-refractivity contribution in [1.29, 1.82) is 0 Å². The first-order chi connectivity index (χ1) is 5.59. The third kappa shape index (κ3) is 2.16. The summed E-state index contributed by atoms with van der Waals surface area (Å²) in [6.45, 7) is 0. The van der Waals surface area contributed by atoms with Gasteiger partial charge >= 0.3 is 14.3 Å². The Morgan fingerprint density at radius 2 is 2.33 bits per heavy atom. The maximum Gasteiger partial charge on any atom is 0.412 e. The SMILES string of the molecule is Nc1ccn(OP(O)O)c(=O)n1. The largest absolute Gasteiger partial charge is 0.412 e. The summed E-state index contributed by atoms with van der Waals surface area (Å²) in [6, 6.07) is 1.29. The average Bonchev–Trinajstić information content (AvgIpc) is 1.94. The van der Waals surface area contributed by atoms with Gasteiger partial charge in [-0.05, 0) is 0 Å². The van der Waals surface area contributed by atoms with E-state index in [-0.39, 0.29) is 5.82 Å². The minimum Gasteiger partial charge on any atom is -0.383 e. The highest BCUT2D eigenvalue weighted by Gasteiger charge is 2.04. The molecule has 1 rings (SSSR count). The molecule has 0 radical (unpaired) electrons. The van der Waals surface area contributed by atoms with Crippen molar-refractivity contribution in [2.24, 2.45) is 0 Å². The molecule has 4 N–H and O–H groups in total. The molecule has 0 saturated heterocycles. The summed E-state index contributed by atoms with van der Waals surface area (Å²) in [7, 11) is -2.62. The predicted molar refractivity (Wildman–Crippen MR) is 40.8 cm³/mol. The van der Waals surface area contributed by atoms with Gasteiger partial charge in [-0.15, -0.1) is 4.73 Å². The standard InChI is InChI=1S/C4H6N3O4P/c5-3-1-2-7(4(8)6-3)11-12(9)10/h1-2,9-10H,(H2,5,6,8). The van der Waals surface area contributed by atoms with Gasteiger partial charge in [0, 0.05) is 6.07 Å². The van der Waals surface area contributed by atoms with E-state index in [1.165, 1.54) is 6.07 Å². The molecule has 0 aliphatic rings. The number of hydrogen-bond acceptors (Lipinski definition) is 6. The van der Waals surface area contributed by atoms with Crippen LogP contribution in [-0.2, 0) is 0 Å². The lowest BCUT2D eigenvalue weighted by molar-refractivity contribution is 0.214. The second kappa shape index (κ2) is 3.48. The van der Waals surface area contributed by atoms with Crippen molar-refractivity contribution in [3.63, 3.8) is 0 Å². The first-order valence-corrected chi connectivity index (χ1v) is 3.97. The molecule has 0 aliphatic heterocycles. The van der Waals surface area contributed by atoms with Crippen molar-refractivity contribution in [2.45, 2.75) is 0 Å². The molecule has 0 bridgehead atoms. The van der Waals surface area contributed by atoms with Gasteiger partial charge in [-0.2, -0.15) is 4.98 Å². The van der Waals surface area contributed by atoms with E-state index < -0.39 is 14.3 Å². The Hall–Kier alpha value is -1.17. The number of anilines is 1. The van der Waals surface area contributed by atoms with E-state index in [0.717, 1.165) is 6.20 Å². The molecule has 0 spiro atoms.